The third-order valence-corrected chi connectivity index (χ3v) is 9.60. The number of rotatable bonds is 7. The van der Waals surface area contributed by atoms with E-state index >= 15 is 0 Å². The predicted octanol–water partition coefficient (Wildman–Crippen LogP) is 4.53. The van der Waals surface area contributed by atoms with Crippen LogP contribution in [-0.4, -0.2) is 14.4 Å². The highest BCUT2D eigenvalue weighted by Gasteiger charge is 2.51. The van der Waals surface area contributed by atoms with Gasteiger partial charge in [0.15, 0.2) is 0 Å². The van der Waals surface area contributed by atoms with E-state index in [9.17, 15) is 0 Å². The Hall–Kier alpha value is -2.08. The number of terminal acetylenes is 1. The Kier molecular flexibility index (Phi) is 6.42. The lowest BCUT2D eigenvalue weighted by Crippen LogP contribution is -2.67. The lowest BCUT2D eigenvalue weighted by Gasteiger charge is -2.44. The molecule has 0 N–H and O–H groups in total. The van der Waals surface area contributed by atoms with Crippen molar-refractivity contribution in [1.29, 1.82) is 0 Å². The fraction of sp³-hybridized carbons (Fsp3) is 0.304. The van der Waals surface area contributed by atoms with E-state index < -0.39 is 8.32 Å². The number of hydrogen-bond acceptors (Lipinski definition) is 1. The van der Waals surface area contributed by atoms with Crippen molar-refractivity contribution in [3.8, 4) is 12.3 Å². The first-order chi connectivity index (χ1) is 12.0. The molecular formula is C23H28OSi. The van der Waals surface area contributed by atoms with Crippen molar-refractivity contribution in [3.05, 3.63) is 73.3 Å². The van der Waals surface area contributed by atoms with E-state index in [4.69, 9.17) is 10.8 Å². The van der Waals surface area contributed by atoms with Crippen molar-refractivity contribution < 1.29 is 4.43 Å². The SMILES string of the molecule is C#C[C@H](CCC=C)O[Si](c1ccccc1)(c1ccccc1)C(C)(C)C. The molecule has 0 spiro atoms. The van der Waals surface area contributed by atoms with Gasteiger partial charge in [0.25, 0.3) is 8.32 Å². The molecule has 0 fully saturated rings. The van der Waals surface area contributed by atoms with Gasteiger partial charge in [0.05, 0.1) is 0 Å². The van der Waals surface area contributed by atoms with Crippen molar-refractivity contribution in [2.75, 3.05) is 0 Å². The minimum Gasteiger partial charge on any atom is -0.394 e. The largest absolute Gasteiger partial charge is 0.394 e. The topological polar surface area (TPSA) is 9.23 Å². The molecule has 0 aliphatic heterocycles. The summed E-state index contributed by atoms with van der Waals surface area (Å²) in [5.74, 6) is 2.87. The zero-order chi connectivity index (χ0) is 18.3. The van der Waals surface area contributed by atoms with Gasteiger partial charge in [-0.1, -0.05) is 93.4 Å². The van der Waals surface area contributed by atoms with Crippen LogP contribution in [0.1, 0.15) is 33.6 Å². The van der Waals surface area contributed by atoms with E-state index in [2.05, 4.69) is 81.8 Å². The second-order valence-electron chi connectivity index (χ2n) is 7.30. The van der Waals surface area contributed by atoms with Gasteiger partial charge < -0.3 is 4.43 Å². The lowest BCUT2D eigenvalue weighted by molar-refractivity contribution is 0.233. The second-order valence-corrected chi connectivity index (χ2v) is 11.6. The molecule has 2 rings (SSSR count). The molecule has 0 radical (unpaired) electrons. The summed E-state index contributed by atoms with van der Waals surface area (Å²) in [6.07, 6.45) is 9.17. The monoisotopic (exact) mass is 348 g/mol. The molecule has 2 aromatic carbocycles. The molecule has 0 heterocycles. The van der Waals surface area contributed by atoms with Gasteiger partial charge in [-0.25, -0.2) is 0 Å². The third-order valence-electron chi connectivity index (χ3n) is 4.55. The molecule has 0 saturated carbocycles. The van der Waals surface area contributed by atoms with E-state index in [-0.39, 0.29) is 11.1 Å². The fourth-order valence-electron chi connectivity index (χ4n) is 3.35. The van der Waals surface area contributed by atoms with Gasteiger partial charge in [0.2, 0.25) is 0 Å². The maximum absolute atomic E-state index is 6.88. The highest BCUT2D eigenvalue weighted by molar-refractivity contribution is 6.99. The van der Waals surface area contributed by atoms with Crippen LogP contribution in [0.4, 0.5) is 0 Å². The van der Waals surface area contributed by atoms with Crippen LogP contribution in [0.15, 0.2) is 73.3 Å². The molecule has 0 unspecified atom stereocenters. The normalized spacial score (nSPS) is 13.0. The standard InChI is InChI=1S/C23H28OSi/c1-6-8-15-20(7-2)24-25(23(3,4)5,21-16-11-9-12-17-21)22-18-13-10-14-19-22/h2,6,9-14,16-20H,1,8,15H2,3-5H3/t20-/m1/s1. The van der Waals surface area contributed by atoms with Crippen LogP contribution in [0.2, 0.25) is 5.04 Å². The van der Waals surface area contributed by atoms with Crippen molar-refractivity contribution in [1.82, 2.24) is 0 Å². The summed E-state index contributed by atoms with van der Waals surface area (Å²) in [5.41, 5.74) is 0. The lowest BCUT2D eigenvalue weighted by atomic mass is 10.2. The quantitative estimate of drug-likeness (QED) is 0.406. The minimum atomic E-state index is -2.56. The first-order valence-electron chi connectivity index (χ1n) is 8.81. The van der Waals surface area contributed by atoms with E-state index in [0.717, 1.165) is 12.8 Å². The number of allylic oxidation sites excluding steroid dienone is 1. The van der Waals surface area contributed by atoms with Gasteiger partial charge in [0, 0.05) is 0 Å². The zero-order valence-electron chi connectivity index (χ0n) is 15.5. The Morgan fingerprint density at radius 3 is 1.88 bits per heavy atom. The van der Waals surface area contributed by atoms with Crippen LogP contribution in [-0.2, 0) is 4.43 Å². The molecule has 1 nitrogen and oxygen atoms in total. The number of hydrogen-bond donors (Lipinski definition) is 0. The molecule has 0 saturated heterocycles. The molecule has 0 aliphatic rings. The molecule has 2 aromatic rings. The third kappa shape index (κ3) is 4.12. The summed E-state index contributed by atoms with van der Waals surface area (Å²) in [4.78, 5) is 0. The highest BCUT2D eigenvalue weighted by Crippen LogP contribution is 2.37. The van der Waals surface area contributed by atoms with E-state index in [1.807, 2.05) is 18.2 Å². The summed E-state index contributed by atoms with van der Waals surface area (Å²) in [7, 11) is -2.56. The summed E-state index contributed by atoms with van der Waals surface area (Å²) >= 11 is 0. The molecular weight excluding hydrogens is 320 g/mol. The Morgan fingerprint density at radius 1 is 1.04 bits per heavy atom. The molecule has 25 heavy (non-hydrogen) atoms. The Morgan fingerprint density at radius 2 is 1.52 bits per heavy atom. The molecule has 0 amide bonds. The average molecular weight is 349 g/mol. The Labute approximate surface area is 153 Å². The zero-order valence-corrected chi connectivity index (χ0v) is 16.5. The maximum atomic E-state index is 6.88. The smallest absolute Gasteiger partial charge is 0.262 e. The molecule has 130 valence electrons. The van der Waals surface area contributed by atoms with Gasteiger partial charge in [-0.2, -0.15) is 0 Å². The van der Waals surface area contributed by atoms with Crippen LogP contribution in [0.3, 0.4) is 0 Å². The summed E-state index contributed by atoms with van der Waals surface area (Å²) in [6, 6.07) is 21.2. The Bertz CT molecular complexity index is 668. The van der Waals surface area contributed by atoms with Crippen LogP contribution in [0.25, 0.3) is 0 Å². The van der Waals surface area contributed by atoms with Gasteiger partial charge in [0.1, 0.15) is 6.10 Å². The van der Waals surface area contributed by atoms with E-state index in [0.29, 0.717) is 0 Å². The van der Waals surface area contributed by atoms with Gasteiger partial charge in [-0.15, -0.1) is 13.0 Å². The van der Waals surface area contributed by atoms with Crippen molar-refractivity contribution in [2.45, 2.75) is 44.8 Å². The predicted molar refractivity (Wildman–Crippen MR) is 111 cm³/mol. The van der Waals surface area contributed by atoms with Crippen LogP contribution >= 0.6 is 0 Å². The average Bonchev–Trinajstić information content (AvgIpc) is 2.62. The summed E-state index contributed by atoms with van der Waals surface area (Å²) in [5, 5.41) is 2.46. The van der Waals surface area contributed by atoms with E-state index in [1.165, 1.54) is 10.4 Å². The second kappa shape index (κ2) is 8.34. The molecule has 1 atom stereocenters. The van der Waals surface area contributed by atoms with E-state index in [1.54, 1.807) is 0 Å². The fourth-order valence-corrected chi connectivity index (χ4v) is 7.98. The van der Waals surface area contributed by atoms with Crippen LogP contribution in [0, 0.1) is 12.3 Å². The number of benzene rings is 2. The van der Waals surface area contributed by atoms with Gasteiger partial charge >= 0.3 is 0 Å². The maximum Gasteiger partial charge on any atom is 0.262 e. The first kappa shape index (κ1) is 19.2. The molecule has 2 heteroatoms. The van der Waals surface area contributed by atoms with Crippen molar-refractivity contribution >= 4 is 18.7 Å². The summed E-state index contributed by atoms with van der Waals surface area (Å²) in [6.45, 7) is 10.6. The molecule has 0 bridgehead atoms. The van der Waals surface area contributed by atoms with Crippen molar-refractivity contribution in [3.63, 3.8) is 0 Å². The minimum absolute atomic E-state index is 0.0566. The van der Waals surface area contributed by atoms with Gasteiger partial charge in [-0.3, -0.25) is 0 Å². The molecule has 0 aliphatic carbocycles. The van der Waals surface area contributed by atoms with Crippen LogP contribution < -0.4 is 10.4 Å². The summed E-state index contributed by atoms with van der Waals surface area (Å²) < 4.78 is 6.88. The van der Waals surface area contributed by atoms with Crippen molar-refractivity contribution in [2.24, 2.45) is 0 Å². The first-order valence-corrected chi connectivity index (χ1v) is 10.7. The highest BCUT2D eigenvalue weighted by atomic mass is 28.4. The van der Waals surface area contributed by atoms with Crippen LogP contribution in [0.5, 0.6) is 0 Å². The van der Waals surface area contributed by atoms with Gasteiger partial charge in [-0.05, 0) is 28.3 Å². The Balaban J connectivity index is 2.64. The molecule has 0 aromatic heterocycles.